The van der Waals surface area contributed by atoms with Gasteiger partial charge in [-0.05, 0) is 83.1 Å². The Bertz CT molecular complexity index is 673. The zero-order valence-electron chi connectivity index (χ0n) is 32.3. The fraction of sp³-hybridized carbons (Fsp3) is 0.800. The van der Waals surface area contributed by atoms with Crippen LogP contribution in [0.5, 0.6) is 0 Å². The first kappa shape index (κ1) is 70.2. The van der Waals surface area contributed by atoms with E-state index in [4.69, 9.17) is 153 Å². The van der Waals surface area contributed by atoms with Gasteiger partial charge in [0.25, 0.3) is 0 Å². The Labute approximate surface area is 399 Å². The molecule has 0 fully saturated rings. The van der Waals surface area contributed by atoms with Crippen LogP contribution in [0.15, 0.2) is 0 Å². The molecule has 0 heterocycles. The molecule has 0 N–H and O–H groups in total. The number of thiocarbonyl (C=S) groups is 6. The Kier molecular flexibility index (Phi) is 73.6. The van der Waals surface area contributed by atoms with Crippen LogP contribution < -0.4 is 0 Å². The third-order valence-corrected chi connectivity index (χ3v) is 9.23. The van der Waals surface area contributed by atoms with E-state index in [2.05, 4.69) is 12.5 Å². The molecule has 0 aliphatic rings. The molecule has 0 radical (unpaired) electrons. The van der Waals surface area contributed by atoms with Gasteiger partial charge >= 0.3 is 21.1 Å². The van der Waals surface area contributed by atoms with Crippen LogP contribution in [0.3, 0.4) is 0 Å². The maximum absolute atomic E-state index is 7.83. The number of rotatable bonds is 12. The zero-order valence-corrected chi connectivity index (χ0v) is 44.9. The monoisotopic (exact) mass is 1030 g/mol. The second kappa shape index (κ2) is 53.5. The SMILES string of the molecule is CCN(CC)C(=S)[S-].CCN(CC)C(=S)[S-].CCN(CC)C(=S)[S-].CCN(CC)C(=S)[S-].CCN(CC)C(=S)[S-].CCN(CC)C(=S)[S-].O=S.[Mo+6]. The summed E-state index contributed by atoms with van der Waals surface area (Å²) in [6.07, 6.45) is 0. The minimum absolute atomic E-state index is 0. The smallest absolute Gasteiger partial charge is 0.411 e. The van der Waals surface area contributed by atoms with Gasteiger partial charge in [0.2, 0.25) is 0 Å². The van der Waals surface area contributed by atoms with Gasteiger partial charge in [0.15, 0.2) is 12.5 Å². The van der Waals surface area contributed by atoms with Gasteiger partial charge < -0.3 is 178 Å². The van der Waals surface area contributed by atoms with Crippen LogP contribution in [0, 0.1) is 0 Å². The fourth-order valence-electron chi connectivity index (χ4n) is 2.89. The molecule has 21 heteroatoms. The molecule has 0 aromatic carbocycles. The average Bonchev–Trinajstić information content (AvgIpc) is 3.06. The molecule has 0 atom stereocenters. The van der Waals surface area contributed by atoms with Crippen molar-refractivity contribution in [3.8, 4) is 0 Å². The van der Waals surface area contributed by atoms with Crippen molar-refractivity contribution in [3.05, 3.63) is 0 Å². The largest absolute Gasteiger partial charge is 6.00 e. The van der Waals surface area contributed by atoms with Crippen molar-refractivity contribution in [3.63, 3.8) is 0 Å². The zero-order chi connectivity index (χ0) is 41.4. The summed E-state index contributed by atoms with van der Waals surface area (Å²) in [6, 6.07) is 0. The summed E-state index contributed by atoms with van der Waals surface area (Å²) in [5.74, 6) is 0. The van der Waals surface area contributed by atoms with Crippen molar-refractivity contribution in [1.82, 2.24) is 29.4 Å². The van der Waals surface area contributed by atoms with E-state index >= 15 is 0 Å². The number of hydrogen-bond donors (Lipinski definition) is 0. The summed E-state index contributed by atoms with van der Waals surface area (Å²) in [4.78, 5) is 11.8. The van der Waals surface area contributed by atoms with Gasteiger partial charge in [0.05, 0.1) is 0 Å². The normalized spacial score (nSPS) is 8.31. The Hall–Kier alpha value is 1.37. The molecule has 0 unspecified atom stereocenters. The molecule has 300 valence electrons. The molecule has 0 amide bonds. The third-order valence-electron chi connectivity index (χ3n) is 6.13. The second-order valence-electron chi connectivity index (χ2n) is 8.63. The minimum Gasteiger partial charge on any atom is -0.411 e. The molecule has 0 aliphatic heterocycles. The van der Waals surface area contributed by atoms with Crippen LogP contribution in [-0.2, 0) is 109 Å². The average molecular weight is 1030 g/mol. The first-order valence-corrected chi connectivity index (χ1v) is 21.5. The van der Waals surface area contributed by atoms with Gasteiger partial charge in [-0.2, -0.15) is 4.21 Å². The van der Waals surface area contributed by atoms with E-state index in [1.165, 1.54) is 0 Å². The van der Waals surface area contributed by atoms with Crippen molar-refractivity contribution in [1.29, 1.82) is 0 Å². The van der Waals surface area contributed by atoms with Crippen molar-refractivity contribution in [2.75, 3.05) is 78.5 Å². The Morgan fingerprint density at radius 1 is 0.294 bits per heavy atom. The molecule has 0 saturated carbocycles. The molecular formula is C30H60MoN6OS13. The summed E-state index contributed by atoms with van der Waals surface area (Å²) in [6.45, 7) is 35.7. The van der Waals surface area contributed by atoms with Crippen LogP contribution in [-0.4, -0.2) is 138 Å². The maximum atomic E-state index is 7.83. The van der Waals surface area contributed by atoms with Crippen molar-refractivity contribution in [2.24, 2.45) is 0 Å². The predicted octanol–water partition coefficient (Wildman–Crippen LogP) is 6.62. The summed E-state index contributed by atoms with van der Waals surface area (Å²) >= 11 is 59.9. The number of nitrogens with zero attached hydrogens (tertiary/aromatic N) is 6. The Morgan fingerprint density at radius 2 is 0.353 bits per heavy atom. The predicted molar refractivity (Wildman–Crippen MR) is 265 cm³/mol. The molecule has 0 spiro atoms. The molecule has 7 nitrogen and oxygen atoms in total. The molecule has 0 aromatic heterocycles. The molecule has 0 aromatic rings. The topological polar surface area (TPSA) is 36.5 Å². The minimum atomic E-state index is 0. The van der Waals surface area contributed by atoms with E-state index in [1.54, 1.807) is 0 Å². The quantitative estimate of drug-likeness (QED) is 0.119. The van der Waals surface area contributed by atoms with Gasteiger partial charge in [0, 0.05) is 78.5 Å². The Balaban J connectivity index is -0.0000000715. The van der Waals surface area contributed by atoms with Crippen LogP contribution in [0.1, 0.15) is 83.1 Å². The third kappa shape index (κ3) is 51.4. The van der Waals surface area contributed by atoms with E-state index in [-0.39, 0.29) is 21.1 Å². The summed E-state index contributed by atoms with van der Waals surface area (Å²) in [7, 11) is 0. The van der Waals surface area contributed by atoms with E-state index < -0.39 is 0 Å². The van der Waals surface area contributed by atoms with Crippen molar-refractivity contribution < 1.29 is 25.3 Å². The van der Waals surface area contributed by atoms with E-state index in [0.717, 1.165) is 78.5 Å². The second-order valence-corrected chi connectivity index (χ2v) is 14.8. The molecular weight excluding hydrogens is 973 g/mol. The summed E-state index contributed by atoms with van der Waals surface area (Å²) < 4.78 is 11.3. The number of hydrogen-bond acceptors (Lipinski definition) is 14. The molecule has 0 rings (SSSR count). The molecule has 51 heavy (non-hydrogen) atoms. The van der Waals surface area contributed by atoms with Crippen LogP contribution in [0.4, 0.5) is 0 Å². The van der Waals surface area contributed by atoms with Crippen LogP contribution >= 0.6 is 73.3 Å². The van der Waals surface area contributed by atoms with E-state index in [1.807, 2.05) is 112 Å². The van der Waals surface area contributed by atoms with Crippen LogP contribution in [0.2, 0.25) is 0 Å². The molecule has 0 bridgehead atoms. The van der Waals surface area contributed by atoms with Gasteiger partial charge in [0.1, 0.15) is 0 Å². The first-order valence-electron chi connectivity index (χ1n) is 16.2. The standard InChI is InChI=1S/6C5H11NS2.Mo.OS/c6*1-3-6(4-2)5(7)8;;1-2/h6*3-4H2,1-2H3,(H,7,8);;/q;;;;;;+6;/p-6. The van der Waals surface area contributed by atoms with Gasteiger partial charge in [-0.1, -0.05) is 25.9 Å². The maximum Gasteiger partial charge on any atom is 6.00 e. The van der Waals surface area contributed by atoms with Gasteiger partial charge in [-0.25, -0.2) is 0 Å². The molecule has 0 saturated heterocycles. The molecule has 0 aliphatic carbocycles. The van der Waals surface area contributed by atoms with Crippen molar-refractivity contribution in [2.45, 2.75) is 83.1 Å². The van der Waals surface area contributed by atoms with Gasteiger partial charge in [-0.3, -0.25) is 0 Å². The Morgan fingerprint density at radius 3 is 0.353 bits per heavy atom. The summed E-state index contributed by atoms with van der Waals surface area (Å²) in [5.41, 5.74) is 0. The first-order chi connectivity index (χ1) is 23.3. The van der Waals surface area contributed by atoms with Crippen LogP contribution in [0.25, 0.3) is 0 Å². The van der Waals surface area contributed by atoms with Crippen molar-refractivity contribution >= 4 is 188 Å². The van der Waals surface area contributed by atoms with E-state index in [0.29, 0.717) is 25.9 Å². The summed E-state index contributed by atoms with van der Waals surface area (Å²) in [5, 5.41) is 0. The van der Waals surface area contributed by atoms with E-state index in [9.17, 15) is 0 Å². The fourth-order valence-corrected chi connectivity index (χ4v) is 5.99. The van der Waals surface area contributed by atoms with Gasteiger partial charge in [-0.15, -0.1) is 0 Å².